The van der Waals surface area contributed by atoms with Gasteiger partial charge in [0.2, 0.25) is 0 Å². The van der Waals surface area contributed by atoms with E-state index in [4.69, 9.17) is 20.7 Å². The number of amides is 2. The zero-order valence-electron chi connectivity index (χ0n) is 29.8. The molecule has 5 aromatic rings. The highest BCUT2D eigenvalue weighted by Crippen LogP contribution is 2.32. The van der Waals surface area contributed by atoms with Crippen molar-refractivity contribution in [1.29, 1.82) is 0 Å². The molecule has 0 spiro atoms. The molecule has 0 aromatic heterocycles. The van der Waals surface area contributed by atoms with E-state index in [1.165, 1.54) is 4.90 Å². The first kappa shape index (κ1) is 37.1. The summed E-state index contributed by atoms with van der Waals surface area (Å²) in [7, 11) is 0. The van der Waals surface area contributed by atoms with Crippen molar-refractivity contribution in [1.82, 2.24) is 10.2 Å². The normalized spacial score (nSPS) is 16.1. The van der Waals surface area contributed by atoms with E-state index in [0.717, 1.165) is 21.5 Å². The summed E-state index contributed by atoms with van der Waals surface area (Å²) < 4.78 is 11.7. The summed E-state index contributed by atoms with van der Waals surface area (Å²) in [6.07, 6.45) is 5.09. The zero-order chi connectivity index (χ0) is 38.2. The van der Waals surface area contributed by atoms with Crippen molar-refractivity contribution in [3.8, 4) is 24.0 Å². The Morgan fingerprint density at radius 1 is 0.852 bits per heavy atom. The summed E-state index contributed by atoms with van der Waals surface area (Å²) in [5.74, 6) is -2.70. The number of rotatable bonds is 15. The molecule has 1 aliphatic heterocycles. The van der Waals surface area contributed by atoms with Crippen LogP contribution in [0.25, 0.3) is 21.5 Å². The van der Waals surface area contributed by atoms with Crippen LogP contribution in [-0.2, 0) is 19.2 Å². The smallest absolute Gasteiger partial charge is 0.305 e. The third kappa shape index (κ3) is 8.34. The number of carboxylic acid groups (broad SMARTS) is 1. The first-order chi connectivity index (χ1) is 26.1. The van der Waals surface area contributed by atoms with Gasteiger partial charge >= 0.3 is 5.97 Å². The van der Waals surface area contributed by atoms with E-state index < -0.39 is 54.3 Å². The Kier molecular flexibility index (Phi) is 11.2. The van der Waals surface area contributed by atoms with Gasteiger partial charge in [0.25, 0.3) is 17.4 Å². The van der Waals surface area contributed by atoms with Gasteiger partial charge in [0.05, 0.1) is 18.2 Å². The van der Waals surface area contributed by atoms with E-state index in [0.29, 0.717) is 22.8 Å². The highest BCUT2D eigenvalue weighted by Gasteiger charge is 2.51. The van der Waals surface area contributed by atoms with Crippen molar-refractivity contribution >= 4 is 50.8 Å². The second kappa shape index (κ2) is 16.3. The average molecular weight is 726 g/mol. The molecule has 6 rings (SSSR count). The van der Waals surface area contributed by atoms with Crippen LogP contribution in [0, 0.1) is 18.4 Å². The van der Waals surface area contributed by atoms with Gasteiger partial charge in [0.15, 0.2) is 5.78 Å². The number of ether oxygens (including phenoxy) is 2. The van der Waals surface area contributed by atoms with Crippen LogP contribution in [0.4, 0.5) is 0 Å². The number of terminal acetylenes is 1. The number of carbonyl (C=O) groups excluding carboxylic acids is 3. The molecule has 11 heteroatoms. The fourth-order valence-corrected chi connectivity index (χ4v) is 6.42. The van der Waals surface area contributed by atoms with Crippen molar-refractivity contribution < 1.29 is 38.6 Å². The quantitative estimate of drug-likeness (QED) is 0.0953. The maximum atomic E-state index is 14.3. The van der Waals surface area contributed by atoms with Crippen molar-refractivity contribution in [3.05, 3.63) is 121 Å². The maximum absolute atomic E-state index is 14.3. The fourth-order valence-electron chi connectivity index (χ4n) is 6.42. The molecule has 2 amide bonds. The van der Waals surface area contributed by atoms with Crippen LogP contribution in [0.5, 0.6) is 11.5 Å². The highest BCUT2D eigenvalue weighted by molar-refractivity contribution is 6.05. The molecule has 3 atom stereocenters. The van der Waals surface area contributed by atoms with Crippen molar-refractivity contribution in [2.45, 2.75) is 44.4 Å². The second-order valence-corrected chi connectivity index (χ2v) is 13.4. The molecule has 0 saturated heterocycles. The molecule has 0 aliphatic carbocycles. The Hall–Kier alpha value is -6.67. The van der Waals surface area contributed by atoms with Gasteiger partial charge in [-0.25, -0.2) is 0 Å². The van der Waals surface area contributed by atoms with Crippen LogP contribution in [0.15, 0.2) is 120 Å². The van der Waals surface area contributed by atoms with E-state index in [2.05, 4.69) is 16.5 Å². The van der Waals surface area contributed by atoms with Gasteiger partial charge in [0, 0.05) is 18.0 Å². The van der Waals surface area contributed by atoms with Crippen LogP contribution in [0.1, 0.15) is 37.0 Å². The number of nitrogens with one attached hydrogen (secondary N) is 1. The van der Waals surface area contributed by atoms with Gasteiger partial charge in [-0.15, -0.1) is 0 Å². The van der Waals surface area contributed by atoms with Gasteiger partial charge < -0.3 is 24.7 Å². The molecule has 11 nitrogen and oxygen atoms in total. The number of hydrogen-bond donors (Lipinski definition) is 2. The minimum atomic E-state index is -1.86. The molecular weight excluding hydrogens is 686 g/mol. The minimum absolute atomic E-state index is 0.181. The summed E-state index contributed by atoms with van der Waals surface area (Å²) >= 11 is 0. The highest BCUT2D eigenvalue weighted by atomic mass is 16.7. The molecule has 0 radical (unpaired) electrons. The van der Waals surface area contributed by atoms with Crippen molar-refractivity contribution in [2.24, 2.45) is 11.1 Å². The largest absolute Gasteiger partial charge is 0.489 e. The lowest BCUT2D eigenvalue weighted by Gasteiger charge is -2.31. The lowest BCUT2D eigenvalue weighted by Crippen LogP contribution is -2.57. The molecular formula is C43H39N3O8. The SMILES string of the molecule is C#CN(C(=O)c1ccc2ccccc2c1)[C@H](C1=NOC(COc2ccccc2)(C(=O)N[C@@H](CC(=O)O)C(=O)COc2ccc3ccccc3c2)C1)C(C)C. The first-order valence-corrected chi connectivity index (χ1v) is 17.5. The number of benzene rings is 5. The average Bonchev–Trinajstić information content (AvgIpc) is 3.62. The Labute approximate surface area is 312 Å². The van der Waals surface area contributed by atoms with Crippen molar-refractivity contribution in [2.75, 3.05) is 13.2 Å². The van der Waals surface area contributed by atoms with Crippen LogP contribution in [0.3, 0.4) is 0 Å². The second-order valence-electron chi connectivity index (χ2n) is 13.4. The van der Waals surface area contributed by atoms with Crippen LogP contribution in [0.2, 0.25) is 0 Å². The zero-order valence-corrected chi connectivity index (χ0v) is 29.8. The fraction of sp³-hybridized carbons (Fsp3) is 0.233. The minimum Gasteiger partial charge on any atom is -0.489 e. The van der Waals surface area contributed by atoms with E-state index in [9.17, 15) is 24.3 Å². The number of hydrogen-bond acceptors (Lipinski definition) is 8. The van der Waals surface area contributed by atoms with Crippen LogP contribution in [-0.4, -0.2) is 70.2 Å². The molecule has 0 bridgehead atoms. The predicted molar refractivity (Wildman–Crippen MR) is 204 cm³/mol. The standard InChI is InChI=1S/C43H39N3O8/c1-4-46(41(50)33-19-18-29-12-8-10-14-31(29)22-33)40(28(2)3)37-25-43(54-45-37,27-53-34-16-6-5-7-17-34)42(51)44-36(24-39(48)49)38(47)26-52-35-21-20-30-13-9-11-15-32(30)23-35/h1,5-23,28,36,40H,24-27H2,2-3H3,(H,44,51)(H,48,49)/t36-,40-,43?/m0/s1. The number of Topliss-reactive ketones (excluding diaryl/α,β-unsaturated/α-hetero) is 1. The molecule has 5 aromatic carbocycles. The summed E-state index contributed by atoms with van der Waals surface area (Å²) in [5.41, 5.74) is -1.19. The van der Waals surface area contributed by atoms with Gasteiger partial charge in [-0.2, -0.15) is 0 Å². The molecule has 0 saturated carbocycles. The van der Waals surface area contributed by atoms with Crippen LogP contribution >= 0.6 is 0 Å². The van der Waals surface area contributed by atoms with Crippen molar-refractivity contribution in [3.63, 3.8) is 0 Å². The van der Waals surface area contributed by atoms with E-state index in [1.54, 1.807) is 54.6 Å². The topological polar surface area (TPSA) is 144 Å². The number of carbonyl (C=O) groups is 4. The monoisotopic (exact) mass is 725 g/mol. The summed E-state index contributed by atoms with van der Waals surface area (Å²) in [6, 6.07) is 34.9. The number of oxime groups is 1. The summed E-state index contributed by atoms with van der Waals surface area (Å²) in [6.45, 7) is 2.86. The van der Waals surface area contributed by atoms with E-state index >= 15 is 0 Å². The summed E-state index contributed by atoms with van der Waals surface area (Å²) in [5, 5.41) is 20.3. The Morgan fingerprint density at radius 2 is 1.48 bits per heavy atom. The Bertz CT molecular complexity index is 2260. The third-order valence-electron chi connectivity index (χ3n) is 9.21. The Morgan fingerprint density at radius 3 is 2.13 bits per heavy atom. The van der Waals surface area contributed by atoms with Gasteiger partial charge in [-0.05, 0) is 63.9 Å². The third-order valence-corrected chi connectivity index (χ3v) is 9.21. The van der Waals surface area contributed by atoms with E-state index in [1.807, 2.05) is 74.5 Å². The van der Waals surface area contributed by atoms with Gasteiger partial charge in [-0.3, -0.25) is 24.1 Å². The van der Waals surface area contributed by atoms with Gasteiger partial charge in [-0.1, -0.05) is 104 Å². The lowest BCUT2D eigenvalue weighted by atomic mass is 9.88. The lowest BCUT2D eigenvalue weighted by molar-refractivity contribution is -0.151. The molecule has 1 aliphatic rings. The number of carboxylic acids is 1. The molecule has 1 heterocycles. The maximum Gasteiger partial charge on any atom is 0.305 e. The molecule has 274 valence electrons. The predicted octanol–water partition coefficient (Wildman–Crippen LogP) is 6.25. The number of para-hydroxylation sites is 1. The van der Waals surface area contributed by atoms with E-state index in [-0.39, 0.29) is 18.9 Å². The number of ketones is 1. The first-order valence-electron chi connectivity index (χ1n) is 17.5. The molecule has 1 unspecified atom stereocenters. The Balaban J connectivity index is 1.24. The number of fused-ring (bicyclic) bond motifs is 2. The van der Waals surface area contributed by atoms with Crippen LogP contribution < -0.4 is 14.8 Å². The summed E-state index contributed by atoms with van der Waals surface area (Å²) in [4.78, 5) is 60.8. The molecule has 0 fully saturated rings. The molecule has 54 heavy (non-hydrogen) atoms. The number of nitrogens with zero attached hydrogens (tertiary/aromatic N) is 2. The number of aliphatic carboxylic acids is 1. The van der Waals surface area contributed by atoms with Gasteiger partial charge in [0.1, 0.15) is 30.8 Å². The molecule has 2 N–H and O–H groups in total.